The Labute approximate surface area is 106 Å². The number of aryl methyl sites for hydroxylation is 1. The minimum absolute atomic E-state index is 0.308. The van der Waals surface area contributed by atoms with Crippen molar-refractivity contribution in [2.45, 2.75) is 13.3 Å². The quantitative estimate of drug-likeness (QED) is 0.767. The molecule has 0 bridgehead atoms. The number of nitriles is 1. The van der Waals surface area contributed by atoms with Gasteiger partial charge in [-0.3, -0.25) is 0 Å². The number of nitrogens with zero attached hydrogens (tertiary/aromatic N) is 3. The lowest BCUT2D eigenvalue weighted by Crippen LogP contribution is -1.94. The molecule has 88 valence electrons. The summed E-state index contributed by atoms with van der Waals surface area (Å²) in [6.07, 6.45) is 7.51. The fourth-order valence-electron chi connectivity index (χ4n) is 1.40. The van der Waals surface area contributed by atoms with Gasteiger partial charge in [-0.05, 0) is 13.0 Å². The summed E-state index contributed by atoms with van der Waals surface area (Å²) >= 11 is 5.77. The van der Waals surface area contributed by atoms with Gasteiger partial charge in [0.05, 0.1) is 18.2 Å². The van der Waals surface area contributed by atoms with Crippen molar-refractivity contribution in [3.05, 3.63) is 47.6 Å². The molecule has 1 aromatic rings. The van der Waals surface area contributed by atoms with Gasteiger partial charge >= 0.3 is 0 Å². The fraction of sp³-hybridized carbons (Fsp3) is 0.231. The minimum Gasteiger partial charge on any atom is -0.334 e. The molecule has 17 heavy (non-hydrogen) atoms. The average molecular weight is 248 g/mol. The fourth-order valence-corrected chi connectivity index (χ4v) is 1.46. The molecule has 0 aliphatic carbocycles. The van der Waals surface area contributed by atoms with E-state index in [2.05, 4.69) is 17.6 Å². The number of rotatable bonds is 4. The van der Waals surface area contributed by atoms with E-state index in [0.29, 0.717) is 11.5 Å². The van der Waals surface area contributed by atoms with E-state index in [1.165, 1.54) is 0 Å². The van der Waals surface area contributed by atoms with Crippen LogP contribution in [0.15, 0.2) is 36.0 Å². The Morgan fingerprint density at radius 3 is 2.88 bits per heavy atom. The van der Waals surface area contributed by atoms with Gasteiger partial charge < -0.3 is 4.57 Å². The van der Waals surface area contributed by atoms with Crippen LogP contribution < -0.4 is 0 Å². The van der Waals surface area contributed by atoms with Crippen LogP contribution in [0.5, 0.6) is 0 Å². The highest BCUT2D eigenvalue weighted by Crippen LogP contribution is 2.16. The van der Waals surface area contributed by atoms with Crippen LogP contribution in [0.4, 0.5) is 0 Å². The monoisotopic (exact) mass is 247 g/mol. The molecule has 3 nitrogen and oxygen atoms in total. The standard InChI is InChI=1S/C13H14ClN3/c1-4-11(6-5-10(2)14)13-16-12(7-8-15)9-17(13)3/h4-6,9H,1,7H2,2-3H3/b10-5+,11-6+. The first kappa shape index (κ1) is 13.3. The summed E-state index contributed by atoms with van der Waals surface area (Å²) in [6, 6.07) is 2.08. The van der Waals surface area contributed by atoms with Gasteiger partial charge in [0, 0.05) is 23.8 Å². The van der Waals surface area contributed by atoms with Gasteiger partial charge in [0.15, 0.2) is 0 Å². The zero-order chi connectivity index (χ0) is 12.8. The number of hydrogen-bond acceptors (Lipinski definition) is 2. The third-order valence-electron chi connectivity index (χ3n) is 2.16. The topological polar surface area (TPSA) is 41.6 Å². The lowest BCUT2D eigenvalue weighted by atomic mass is 10.2. The Kier molecular flexibility index (Phi) is 4.74. The maximum Gasteiger partial charge on any atom is 0.139 e. The average Bonchev–Trinajstić information content (AvgIpc) is 2.61. The zero-order valence-corrected chi connectivity index (χ0v) is 10.7. The van der Waals surface area contributed by atoms with Crippen molar-refractivity contribution in [3.8, 4) is 6.07 Å². The van der Waals surface area contributed by atoms with Gasteiger partial charge in [0.25, 0.3) is 0 Å². The van der Waals surface area contributed by atoms with Crippen LogP contribution in [0.25, 0.3) is 5.57 Å². The highest BCUT2D eigenvalue weighted by molar-refractivity contribution is 6.29. The van der Waals surface area contributed by atoms with E-state index < -0.39 is 0 Å². The molecular weight excluding hydrogens is 234 g/mol. The lowest BCUT2D eigenvalue weighted by molar-refractivity contribution is 0.892. The Morgan fingerprint density at radius 1 is 1.65 bits per heavy atom. The predicted octanol–water partition coefficient (Wildman–Crippen LogP) is 3.20. The number of hydrogen-bond donors (Lipinski definition) is 0. The van der Waals surface area contributed by atoms with Crippen molar-refractivity contribution in [1.82, 2.24) is 9.55 Å². The van der Waals surface area contributed by atoms with Crippen molar-refractivity contribution < 1.29 is 0 Å². The first-order valence-electron chi connectivity index (χ1n) is 5.14. The van der Waals surface area contributed by atoms with Crippen molar-refractivity contribution in [2.24, 2.45) is 7.05 Å². The second-order valence-electron chi connectivity index (χ2n) is 3.58. The van der Waals surface area contributed by atoms with E-state index in [1.54, 1.807) is 19.1 Å². The van der Waals surface area contributed by atoms with Crippen LogP contribution in [0, 0.1) is 11.3 Å². The maximum absolute atomic E-state index is 8.63. The number of halogens is 1. The molecule has 0 saturated heterocycles. The van der Waals surface area contributed by atoms with E-state index in [9.17, 15) is 0 Å². The summed E-state index contributed by atoms with van der Waals surface area (Å²) in [5.74, 6) is 0.777. The van der Waals surface area contributed by atoms with Crippen LogP contribution in [0.2, 0.25) is 0 Å². The summed E-state index contributed by atoms with van der Waals surface area (Å²) in [5, 5.41) is 9.32. The molecule has 1 heterocycles. The Bertz CT molecular complexity index is 511. The molecular formula is C13H14ClN3. The maximum atomic E-state index is 8.63. The SMILES string of the molecule is C=C/C(=C\C=C(/C)Cl)c1nc(CC#N)cn1C. The molecule has 0 N–H and O–H groups in total. The molecule has 0 radical (unpaired) electrons. The molecule has 0 unspecified atom stereocenters. The van der Waals surface area contributed by atoms with Crippen molar-refractivity contribution in [2.75, 3.05) is 0 Å². The third kappa shape index (κ3) is 3.61. The molecule has 0 aromatic carbocycles. The van der Waals surface area contributed by atoms with Gasteiger partial charge in [-0.15, -0.1) is 0 Å². The largest absolute Gasteiger partial charge is 0.334 e. The van der Waals surface area contributed by atoms with Gasteiger partial charge in [-0.1, -0.05) is 30.3 Å². The van der Waals surface area contributed by atoms with Crippen LogP contribution in [-0.2, 0) is 13.5 Å². The van der Waals surface area contributed by atoms with Crippen LogP contribution in [0.1, 0.15) is 18.4 Å². The summed E-state index contributed by atoms with van der Waals surface area (Å²) in [4.78, 5) is 4.38. The van der Waals surface area contributed by atoms with Crippen LogP contribution in [-0.4, -0.2) is 9.55 Å². The van der Waals surface area contributed by atoms with Crippen molar-refractivity contribution in [1.29, 1.82) is 5.26 Å². The first-order valence-corrected chi connectivity index (χ1v) is 5.52. The molecule has 0 aliphatic rings. The van der Waals surface area contributed by atoms with E-state index in [4.69, 9.17) is 16.9 Å². The number of allylic oxidation sites excluding steroid dienone is 5. The van der Waals surface area contributed by atoms with Crippen LogP contribution in [0.3, 0.4) is 0 Å². The zero-order valence-electron chi connectivity index (χ0n) is 9.94. The molecule has 1 rings (SSSR count). The molecule has 0 fully saturated rings. The Hall–Kier alpha value is -1.79. The van der Waals surface area contributed by atoms with Crippen molar-refractivity contribution >= 4 is 17.2 Å². The summed E-state index contributed by atoms with van der Waals surface area (Å²) in [5.41, 5.74) is 1.63. The van der Waals surface area contributed by atoms with Gasteiger partial charge in [-0.25, -0.2) is 4.98 Å². The highest BCUT2D eigenvalue weighted by Gasteiger charge is 2.07. The highest BCUT2D eigenvalue weighted by atomic mass is 35.5. The first-order chi connectivity index (χ1) is 8.08. The summed E-state index contributed by atoms with van der Waals surface area (Å²) < 4.78 is 1.87. The van der Waals surface area contributed by atoms with Gasteiger partial charge in [0.1, 0.15) is 5.82 Å². The smallest absolute Gasteiger partial charge is 0.139 e. The summed E-state index contributed by atoms with van der Waals surface area (Å²) in [6.45, 7) is 5.56. The predicted molar refractivity (Wildman–Crippen MR) is 70.3 cm³/mol. The van der Waals surface area contributed by atoms with E-state index in [-0.39, 0.29) is 0 Å². The number of aromatic nitrogens is 2. The Balaban J connectivity index is 3.13. The molecule has 1 aromatic heterocycles. The molecule has 0 aliphatic heterocycles. The summed E-state index contributed by atoms with van der Waals surface area (Å²) in [7, 11) is 1.89. The van der Waals surface area contributed by atoms with Crippen molar-refractivity contribution in [3.63, 3.8) is 0 Å². The van der Waals surface area contributed by atoms with Gasteiger partial charge in [0.2, 0.25) is 0 Å². The third-order valence-corrected chi connectivity index (χ3v) is 2.28. The van der Waals surface area contributed by atoms with Gasteiger partial charge in [-0.2, -0.15) is 5.26 Å². The lowest BCUT2D eigenvalue weighted by Gasteiger charge is -2.00. The molecule has 0 spiro atoms. The van der Waals surface area contributed by atoms with E-state index >= 15 is 0 Å². The number of imidazole rings is 1. The molecule has 0 atom stereocenters. The van der Waals surface area contributed by atoms with Crippen LogP contribution >= 0.6 is 11.6 Å². The molecule has 0 saturated carbocycles. The normalized spacial score (nSPS) is 12.4. The molecule has 4 heteroatoms. The van der Waals surface area contributed by atoms with E-state index in [1.807, 2.05) is 23.9 Å². The second kappa shape index (κ2) is 6.07. The van der Waals surface area contributed by atoms with E-state index in [0.717, 1.165) is 17.1 Å². The second-order valence-corrected chi connectivity index (χ2v) is 4.18. The Morgan fingerprint density at radius 2 is 2.35 bits per heavy atom. The molecule has 0 amide bonds. The minimum atomic E-state index is 0.308.